The van der Waals surface area contributed by atoms with Gasteiger partial charge in [0.15, 0.2) is 6.61 Å². The quantitative estimate of drug-likeness (QED) is 0.493. The molecule has 134 valence electrons. The number of nitrogens with one attached hydrogen (secondary N) is 1. The molecule has 0 aliphatic rings. The van der Waals surface area contributed by atoms with Gasteiger partial charge in [-0.05, 0) is 31.1 Å². The van der Waals surface area contributed by atoms with E-state index in [4.69, 9.17) is 4.74 Å². The maximum Gasteiger partial charge on any atom is 0.355 e. The smallest absolute Gasteiger partial charge is 0.355 e. The Kier molecular flexibility index (Phi) is 6.44. The van der Waals surface area contributed by atoms with Crippen molar-refractivity contribution in [2.45, 2.75) is 20.8 Å². The molecule has 0 heterocycles. The number of amides is 1. The summed E-state index contributed by atoms with van der Waals surface area (Å²) >= 11 is 0. The lowest BCUT2D eigenvalue weighted by Crippen LogP contribution is -2.27. The van der Waals surface area contributed by atoms with Gasteiger partial charge in [0.05, 0.1) is 0 Å². The zero-order valence-corrected chi connectivity index (χ0v) is 15.0. The average molecular weight is 351 g/mol. The van der Waals surface area contributed by atoms with E-state index >= 15 is 0 Å². The summed E-state index contributed by atoms with van der Waals surface area (Å²) in [6.45, 7) is 4.68. The number of Topliss-reactive ketones (excluding diaryl/α,β-unsaturated/α-hetero) is 1. The van der Waals surface area contributed by atoms with Gasteiger partial charge in [0, 0.05) is 12.5 Å². The molecular formula is C21H21NO4. The van der Waals surface area contributed by atoms with Crippen molar-refractivity contribution in [3.05, 3.63) is 76.5 Å². The van der Waals surface area contributed by atoms with E-state index in [1.165, 1.54) is 13.0 Å². The van der Waals surface area contributed by atoms with Crippen molar-refractivity contribution < 1.29 is 19.1 Å². The third-order valence-electron chi connectivity index (χ3n) is 3.66. The Morgan fingerprint density at radius 3 is 2.35 bits per heavy atom. The van der Waals surface area contributed by atoms with Gasteiger partial charge >= 0.3 is 5.97 Å². The van der Waals surface area contributed by atoms with Gasteiger partial charge in [-0.1, -0.05) is 54.1 Å². The van der Waals surface area contributed by atoms with Crippen LogP contribution in [0.2, 0.25) is 0 Å². The van der Waals surface area contributed by atoms with Crippen molar-refractivity contribution in [3.8, 4) is 0 Å². The van der Waals surface area contributed by atoms with Crippen LogP contribution >= 0.6 is 0 Å². The summed E-state index contributed by atoms with van der Waals surface area (Å²) < 4.78 is 5.11. The first-order valence-electron chi connectivity index (χ1n) is 8.18. The van der Waals surface area contributed by atoms with E-state index in [9.17, 15) is 14.4 Å². The summed E-state index contributed by atoms with van der Waals surface area (Å²) in [5.41, 5.74) is 3.10. The minimum absolute atomic E-state index is 0.0165. The van der Waals surface area contributed by atoms with Crippen LogP contribution in [0.1, 0.15) is 34.0 Å². The van der Waals surface area contributed by atoms with Gasteiger partial charge in [0.25, 0.3) is 0 Å². The van der Waals surface area contributed by atoms with Crippen molar-refractivity contribution in [2.24, 2.45) is 0 Å². The summed E-state index contributed by atoms with van der Waals surface area (Å²) in [6, 6.07) is 14.5. The Morgan fingerprint density at radius 2 is 1.73 bits per heavy atom. The number of hydrogen-bond donors (Lipinski definition) is 1. The molecule has 1 N–H and O–H groups in total. The summed E-state index contributed by atoms with van der Waals surface area (Å²) in [7, 11) is 0. The van der Waals surface area contributed by atoms with Crippen LogP contribution < -0.4 is 5.32 Å². The van der Waals surface area contributed by atoms with Crippen molar-refractivity contribution in [3.63, 3.8) is 0 Å². The van der Waals surface area contributed by atoms with Gasteiger partial charge < -0.3 is 10.1 Å². The highest BCUT2D eigenvalue weighted by Crippen LogP contribution is 2.12. The molecule has 0 aliphatic carbocycles. The summed E-state index contributed by atoms with van der Waals surface area (Å²) in [5.74, 6) is -1.45. The minimum atomic E-state index is -0.762. The molecule has 0 spiro atoms. The molecule has 1 amide bonds. The van der Waals surface area contributed by atoms with Crippen LogP contribution in [0.4, 0.5) is 0 Å². The number of ketones is 1. The third kappa shape index (κ3) is 5.41. The number of rotatable bonds is 6. The second-order valence-corrected chi connectivity index (χ2v) is 5.97. The van der Waals surface area contributed by atoms with E-state index in [1.807, 2.05) is 44.2 Å². The van der Waals surface area contributed by atoms with Gasteiger partial charge in [-0.15, -0.1) is 0 Å². The van der Waals surface area contributed by atoms with Gasteiger partial charge in [-0.3, -0.25) is 9.59 Å². The largest absolute Gasteiger partial charge is 0.453 e. The maximum atomic E-state index is 12.3. The SMILES string of the molecule is CC(=O)N/C(=C\c1ccccc1)C(=O)OCC(=O)c1ccc(C)cc1C. The van der Waals surface area contributed by atoms with Crippen LogP contribution in [0.3, 0.4) is 0 Å². The molecule has 0 bridgehead atoms. The highest BCUT2D eigenvalue weighted by atomic mass is 16.5. The minimum Gasteiger partial charge on any atom is -0.453 e. The number of esters is 1. The molecule has 0 saturated carbocycles. The van der Waals surface area contributed by atoms with Gasteiger partial charge in [0.2, 0.25) is 11.7 Å². The Bertz CT molecular complexity index is 854. The molecule has 0 atom stereocenters. The predicted molar refractivity (Wildman–Crippen MR) is 99.4 cm³/mol. The van der Waals surface area contributed by atoms with E-state index in [1.54, 1.807) is 18.2 Å². The Balaban J connectivity index is 2.10. The topological polar surface area (TPSA) is 72.5 Å². The molecule has 0 unspecified atom stereocenters. The van der Waals surface area contributed by atoms with Gasteiger partial charge in [-0.2, -0.15) is 0 Å². The third-order valence-corrected chi connectivity index (χ3v) is 3.66. The van der Waals surface area contributed by atoms with E-state index in [0.29, 0.717) is 5.56 Å². The lowest BCUT2D eigenvalue weighted by molar-refractivity contribution is -0.139. The Hall–Kier alpha value is -3.21. The summed E-state index contributed by atoms with van der Waals surface area (Å²) in [4.78, 5) is 36.0. The van der Waals surface area contributed by atoms with Crippen LogP contribution in [0.15, 0.2) is 54.2 Å². The number of benzene rings is 2. The second kappa shape index (κ2) is 8.76. The van der Waals surface area contributed by atoms with Gasteiger partial charge in [0.1, 0.15) is 5.70 Å². The molecule has 0 aliphatic heterocycles. The Morgan fingerprint density at radius 1 is 1.04 bits per heavy atom. The van der Waals surface area contributed by atoms with Crippen LogP contribution in [-0.2, 0) is 14.3 Å². The second-order valence-electron chi connectivity index (χ2n) is 5.97. The number of carbonyl (C=O) groups is 3. The standard InChI is InChI=1S/C21H21NO4/c1-14-9-10-18(15(2)11-14)20(24)13-26-21(25)19(22-16(3)23)12-17-7-5-4-6-8-17/h4-12H,13H2,1-3H3,(H,22,23)/b19-12-. The fraction of sp³-hybridized carbons (Fsp3) is 0.190. The van der Waals surface area contributed by atoms with Crippen molar-refractivity contribution in [2.75, 3.05) is 6.61 Å². The van der Waals surface area contributed by atoms with E-state index in [-0.39, 0.29) is 11.5 Å². The zero-order chi connectivity index (χ0) is 19.1. The van der Waals surface area contributed by atoms with Crippen molar-refractivity contribution in [1.29, 1.82) is 0 Å². The fourth-order valence-electron chi connectivity index (χ4n) is 2.46. The summed E-state index contributed by atoms with van der Waals surface area (Å²) in [6.07, 6.45) is 1.51. The molecule has 5 heteroatoms. The highest BCUT2D eigenvalue weighted by molar-refractivity contribution is 6.02. The first kappa shape index (κ1) is 19.1. The summed E-state index contributed by atoms with van der Waals surface area (Å²) in [5, 5.41) is 2.45. The molecule has 0 saturated heterocycles. The fourth-order valence-corrected chi connectivity index (χ4v) is 2.46. The lowest BCUT2D eigenvalue weighted by atomic mass is 10.0. The van der Waals surface area contributed by atoms with Crippen LogP contribution in [-0.4, -0.2) is 24.3 Å². The normalized spacial score (nSPS) is 11.0. The molecule has 2 aromatic rings. The van der Waals surface area contributed by atoms with Crippen LogP contribution in [0, 0.1) is 13.8 Å². The molecular weight excluding hydrogens is 330 g/mol. The zero-order valence-electron chi connectivity index (χ0n) is 15.0. The Labute approximate surface area is 152 Å². The highest BCUT2D eigenvalue weighted by Gasteiger charge is 2.16. The van der Waals surface area contributed by atoms with E-state index in [0.717, 1.165) is 16.7 Å². The van der Waals surface area contributed by atoms with E-state index < -0.39 is 18.5 Å². The first-order chi connectivity index (χ1) is 12.4. The van der Waals surface area contributed by atoms with Gasteiger partial charge in [-0.25, -0.2) is 4.79 Å². The lowest BCUT2D eigenvalue weighted by Gasteiger charge is -2.10. The average Bonchev–Trinajstić information content (AvgIpc) is 2.59. The molecule has 5 nitrogen and oxygen atoms in total. The molecule has 2 aromatic carbocycles. The van der Waals surface area contributed by atoms with Crippen molar-refractivity contribution in [1.82, 2.24) is 5.32 Å². The number of aryl methyl sites for hydroxylation is 2. The monoisotopic (exact) mass is 351 g/mol. The molecule has 2 rings (SSSR count). The number of hydrogen-bond acceptors (Lipinski definition) is 4. The number of ether oxygens (including phenoxy) is 1. The van der Waals surface area contributed by atoms with Crippen molar-refractivity contribution >= 4 is 23.7 Å². The predicted octanol–water partition coefficient (Wildman–Crippen LogP) is 3.21. The molecule has 26 heavy (non-hydrogen) atoms. The number of carbonyl (C=O) groups excluding carboxylic acids is 3. The maximum absolute atomic E-state index is 12.3. The molecule has 0 aromatic heterocycles. The molecule has 0 fully saturated rings. The molecule has 0 radical (unpaired) electrons. The first-order valence-corrected chi connectivity index (χ1v) is 8.18. The van der Waals surface area contributed by atoms with E-state index in [2.05, 4.69) is 5.32 Å². The van der Waals surface area contributed by atoms with Crippen LogP contribution in [0.5, 0.6) is 0 Å². The van der Waals surface area contributed by atoms with Crippen LogP contribution in [0.25, 0.3) is 6.08 Å².